The summed E-state index contributed by atoms with van der Waals surface area (Å²) in [7, 11) is -4.31. The molecular formula is C30H44ClFN2O6S. The van der Waals surface area contributed by atoms with Crippen LogP contribution in [0.2, 0.25) is 5.02 Å². The number of nitrogens with one attached hydrogen (secondary N) is 2. The molecule has 0 aliphatic rings. The number of carbonyl (C=O) groups is 1. The van der Waals surface area contributed by atoms with Gasteiger partial charge in [0, 0.05) is 37.1 Å². The van der Waals surface area contributed by atoms with Crippen molar-refractivity contribution < 1.29 is 31.8 Å². The lowest BCUT2D eigenvalue weighted by atomic mass is 9.88. The zero-order valence-corrected chi connectivity index (χ0v) is 26.8. The number of sulfonamides is 1. The highest BCUT2D eigenvalue weighted by atomic mass is 35.5. The Bertz CT molecular complexity index is 1280. The number of ether oxygens (including phenoxy) is 3. The van der Waals surface area contributed by atoms with Crippen LogP contribution < -0.4 is 10.0 Å². The third-order valence-corrected chi connectivity index (χ3v) is 8.23. The molecule has 2 N–H and O–H groups in total. The van der Waals surface area contributed by atoms with Gasteiger partial charge in [0.2, 0.25) is 10.0 Å². The zero-order valence-electron chi connectivity index (χ0n) is 25.3. The highest BCUT2D eigenvalue weighted by Gasteiger charge is 2.37. The van der Waals surface area contributed by atoms with E-state index in [1.54, 1.807) is 40.7 Å². The van der Waals surface area contributed by atoms with Crippen molar-refractivity contribution in [3.8, 4) is 0 Å². The molecule has 0 saturated carbocycles. The van der Waals surface area contributed by atoms with Gasteiger partial charge in [-0.2, -0.15) is 4.72 Å². The second-order valence-corrected chi connectivity index (χ2v) is 13.0. The second kappa shape index (κ2) is 15.3. The largest absolute Gasteiger partial charge is 0.459 e. The van der Waals surface area contributed by atoms with Crippen LogP contribution in [0.1, 0.15) is 77.0 Å². The Morgan fingerprint density at radius 1 is 1.07 bits per heavy atom. The van der Waals surface area contributed by atoms with Crippen LogP contribution in [0, 0.1) is 19.7 Å². The summed E-state index contributed by atoms with van der Waals surface area (Å²) in [5, 5.41) is 3.47. The topological polar surface area (TPSA) is 103 Å². The summed E-state index contributed by atoms with van der Waals surface area (Å²) >= 11 is 6.21. The SMILES string of the molecule is CCOC(CCCNc1cc(Cl)ccc1S(=O)(=O)N[C@H](C(=O)OC(C)(C)C)C(C)c1c(F)ccc(C)c1C)OCC. The average molecular weight is 615 g/mol. The molecule has 0 heterocycles. The molecule has 41 heavy (non-hydrogen) atoms. The molecule has 0 spiro atoms. The van der Waals surface area contributed by atoms with Gasteiger partial charge in [0.05, 0.1) is 5.69 Å². The number of halogens is 2. The minimum Gasteiger partial charge on any atom is -0.459 e. The Morgan fingerprint density at radius 3 is 2.29 bits per heavy atom. The minimum absolute atomic E-state index is 0.102. The summed E-state index contributed by atoms with van der Waals surface area (Å²) in [5.74, 6) is -2.22. The molecule has 2 aromatic rings. The van der Waals surface area contributed by atoms with Gasteiger partial charge in [0.15, 0.2) is 6.29 Å². The van der Waals surface area contributed by atoms with E-state index in [1.807, 2.05) is 20.8 Å². The molecule has 0 saturated heterocycles. The molecule has 8 nitrogen and oxygen atoms in total. The first kappa shape index (κ1) is 35.0. The Balaban J connectivity index is 2.40. The molecule has 230 valence electrons. The number of aryl methyl sites for hydroxylation is 1. The third-order valence-electron chi connectivity index (χ3n) is 6.50. The Labute approximate surface area is 249 Å². The Morgan fingerprint density at radius 2 is 1.71 bits per heavy atom. The standard InChI is InChI=1S/C30H44ClFN2O6S/c1-9-38-26(39-10-2)12-11-17-33-24-18-22(31)14-16-25(24)41(36,37)34-28(29(35)40-30(6,7)8)21(5)27-20(4)19(3)13-15-23(27)32/h13-16,18,21,26,28,33-34H,9-12,17H2,1-8H3/t21?,28-/m0/s1. The second-order valence-electron chi connectivity index (χ2n) is 10.9. The van der Waals surface area contributed by atoms with Gasteiger partial charge in [0.25, 0.3) is 0 Å². The monoisotopic (exact) mass is 614 g/mol. The quantitative estimate of drug-likeness (QED) is 0.134. The number of esters is 1. The van der Waals surface area contributed by atoms with E-state index in [1.165, 1.54) is 24.3 Å². The average Bonchev–Trinajstić information content (AvgIpc) is 2.86. The molecule has 11 heteroatoms. The fourth-order valence-electron chi connectivity index (χ4n) is 4.43. The maximum atomic E-state index is 15.1. The molecule has 0 fully saturated rings. The Kier molecular flexibility index (Phi) is 13.0. The van der Waals surface area contributed by atoms with Gasteiger partial charge in [0.1, 0.15) is 22.4 Å². The molecule has 2 rings (SSSR count). The molecule has 0 aromatic heterocycles. The number of benzene rings is 2. The first-order valence-corrected chi connectivity index (χ1v) is 15.7. The fraction of sp³-hybridized carbons (Fsp3) is 0.567. The number of carbonyl (C=O) groups excluding carboxylic acids is 1. The van der Waals surface area contributed by atoms with E-state index in [0.29, 0.717) is 43.2 Å². The molecule has 0 aliphatic heterocycles. The van der Waals surface area contributed by atoms with Crippen LogP contribution in [0.4, 0.5) is 10.1 Å². The number of rotatable bonds is 15. The van der Waals surface area contributed by atoms with Crippen molar-refractivity contribution in [3.05, 3.63) is 57.9 Å². The van der Waals surface area contributed by atoms with Crippen LogP contribution in [0.3, 0.4) is 0 Å². The fourth-order valence-corrected chi connectivity index (χ4v) is 6.03. The van der Waals surface area contributed by atoms with Crippen molar-refractivity contribution in [2.24, 2.45) is 0 Å². The maximum Gasteiger partial charge on any atom is 0.325 e. The van der Waals surface area contributed by atoms with Crippen LogP contribution in [-0.4, -0.2) is 52.1 Å². The van der Waals surface area contributed by atoms with E-state index in [2.05, 4.69) is 10.0 Å². The molecule has 2 aromatic carbocycles. The van der Waals surface area contributed by atoms with Crippen LogP contribution in [0.25, 0.3) is 0 Å². The van der Waals surface area contributed by atoms with Gasteiger partial charge >= 0.3 is 5.97 Å². The van der Waals surface area contributed by atoms with Gasteiger partial charge in [-0.1, -0.05) is 24.6 Å². The van der Waals surface area contributed by atoms with E-state index in [-0.39, 0.29) is 22.4 Å². The van der Waals surface area contributed by atoms with E-state index in [9.17, 15) is 13.2 Å². The lowest BCUT2D eigenvalue weighted by molar-refractivity contribution is -0.157. The number of hydrogen-bond acceptors (Lipinski definition) is 7. The van der Waals surface area contributed by atoms with Crippen molar-refractivity contribution in [1.29, 1.82) is 0 Å². The van der Waals surface area contributed by atoms with Gasteiger partial charge in [-0.25, -0.2) is 12.8 Å². The summed E-state index contributed by atoms with van der Waals surface area (Å²) in [5.41, 5.74) is 1.07. The van der Waals surface area contributed by atoms with E-state index >= 15 is 4.39 Å². The van der Waals surface area contributed by atoms with Crippen LogP contribution in [0.15, 0.2) is 35.2 Å². The minimum atomic E-state index is -4.31. The van der Waals surface area contributed by atoms with Crippen LogP contribution in [-0.2, 0) is 29.0 Å². The normalized spacial score (nSPS) is 13.7. The molecule has 1 unspecified atom stereocenters. The van der Waals surface area contributed by atoms with Crippen molar-refractivity contribution in [2.45, 2.75) is 97.0 Å². The summed E-state index contributed by atoms with van der Waals surface area (Å²) < 4.78 is 61.9. The molecule has 0 amide bonds. The van der Waals surface area contributed by atoms with E-state index < -0.39 is 39.4 Å². The van der Waals surface area contributed by atoms with Gasteiger partial charge in [-0.15, -0.1) is 0 Å². The van der Waals surface area contributed by atoms with E-state index in [0.717, 1.165) is 5.56 Å². The maximum absolute atomic E-state index is 15.1. The number of hydrogen-bond donors (Lipinski definition) is 2. The Hall–Kier alpha value is -2.24. The summed E-state index contributed by atoms with van der Waals surface area (Å²) in [6.07, 6.45) is 0.889. The van der Waals surface area contributed by atoms with Crippen molar-refractivity contribution in [1.82, 2.24) is 4.72 Å². The zero-order chi connectivity index (χ0) is 31.0. The number of anilines is 1. The smallest absolute Gasteiger partial charge is 0.325 e. The molecule has 0 radical (unpaired) electrons. The molecular weight excluding hydrogens is 571 g/mol. The highest BCUT2D eigenvalue weighted by molar-refractivity contribution is 7.89. The first-order valence-electron chi connectivity index (χ1n) is 13.9. The van der Waals surface area contributed by atoms with Crippen molar-refractivity contribution in [3.63, 3.8) is 0 Å². The molecule has 0 bridgehead atoms. The summed E-state index contributed by atoms with van der Waals surface area (Å²) in [4.78, 5) is 13.3. The summed E-state index contributed by atoms with van der Waals surface area (Å²) in [6.45, 7) is 15.5. The first-order chi connectivity index (χ1) is 19.1. The van der Waals surface area contributed by atoms with Crippen LogP contribution in [0.5, 0.6) is 0 Å². The highest BCUT2D eigenvalue weighted by Crippen LogP contribution is 2.31. The lowest BCUT2D eigenvalue weighted by Gasteiger charge is -2.29. The van der Waals surface area contributed by atoms with Crippen LogP contribution >= 0.6 is 11.6 Å². The predicted molar refractivity (Wildman–Crippen MR) is 160 cm³/mol. The molecule has 2 atom stereocenters. The van der Waals surface area contributed by atoms with Crippen molar-refractivity contribution in [2.75, 3.05) is 25.1 Å². The lowest BCUT2D eigenvalue weighted by Crippen LogP contribution is -2.47. The third kappa shape index (κ3) is 10.2. The van der Waals surface area contributed by atoms with Gasteiger partial charge in [-0.05, 0) is 95.8 Å². The van der Waals surface area contributed by atoms with Crippen molar-refractivity contribution >= 4 is 33.3 Å². The predicted octanol–water partition coefficient (Wildman–Crippen LogP) is 6.48. The van der Waals surface area contributed by atoms with E-state index in [4.69, 9.17) is 25.8 Å². The molecule has 0 aliphatic carbocycles. The van der Waals surface area contributed by atoms with Gasteiger partial charge in [-0.3, -0.25) is 4.79 Å². The van der Waals surface area contributed by atoms with Gasteiger partial charge < -0.3 is 19.5 Å². The summed E-state index contributed by atoms with van der Waals surface area (Å²) in [6, 6.07) is 5.89.